The number of hydrogen-bond donors (Lipinski definition) is 3. The molecule has 0 saturated carbocycles. The second kappa shape index (κ2) is 11.3. The number of hydrogen-bond acceptors (Lipinski definition) is 7. The van der Waals surface area contributed by atoms with Gasteiger partial charge in [-0.05, 0) is 35.5 Å². The zero-order chi connectivity index (χ0) is 24.7. The standard InChI is InChI=1S/C25H30N4O5S/c1-31-20-9-8-19(14-21(20)32-2)17-27-24(30)33-22-15-25(34-28-22)10-12-29(13-11-25)23(35)26-16-18-6-4-3-5-7-18/h3-9,14-15,28H,10-13,16-17H2,1-2H3,(H,26,35)(H,27,30). The number of carbonyl (C=O) groups is 1. The van der Waals surface area contributed by atoms with E-state index >= 15 is 0 Å². The highest BCUT2D eigenvalue weighted by Crippen LogP contribution is 2.32. The van der Waals surface area contributed by atoms with Gasteiger partial charge in [0.25, 0.3) is 0 Å². The van der Waals surface area contributed by atoms with Crippen LogP contribution in [0.5, 0.6) is 11.5 Å². The van der Waals surface area contributed by atoms with E-state index in [1.54, 1.807) is 26.4 Å². The number of piperidine rings is 1. The van der Waals surface area contributed by atoms with E-state index in [4.69, 9.17) is 31.3 Å². The minimum Gasteiger partial charge on any atom is -0.493 e. The van der Waals surface area contributed by atoms with Gasteiger partial charge in [-0.1, -0.05) is 36.4 Å². The van der Waals surface area contributed by atoms with Crippen LogP contribution in [0.1, 0.15) is 24.0 Å². The number of carbonyl (C=O) groups excluding carboxylic acids is 1. The maximum absolute atomic E-state index is 12.3. The molecule has 1 spiro atoms. The van der Waals surface area contributed by atoms with Crippen LogP contribution in [0, 0.1) is 0 Å². The summed E-state index contributed by atoms with van der Waals surface area (Å²) in [5, 5.41) is 6.77. The van der Waals surface area contributed by atoms with Gasteiger partial charge in [0, 0.05) is 45.1 Å². The summed E-state index contributed by atoms with van der Waals surface area (Å²) in [6.07, 6.45) is 2.68. The molecule has 0 bridgehead atoms. The van der Waals surface area contributed by atoms with Crippen molar-refractivity contribution in [3.05, 3.63) is 71.6 Å². The largest absolute Gasteiger partial charge is 0.493 e. The molecule has 10 heteroatoms. The van der Waals surface area contributed by atoms with E-state index in [1.165, 1.54) is 5.56 Å². The molecule has 186 valence electrons. The first-order valence-corrected chi connectivity index (χ1v) is 11.8. The molecule has 0 aliphatic carbocycles. The summed E-state index contributed by atoms with van der Waals surface area (Å²) in [4.78, 5) is 20.2. The van der Waals surface area contributed by atoms with Gasteiger partial charge < -0.3 is 29.7 Å². The minimum absolute atomic E-state index is 0.279. The van der Waals surface area contributed by atoms with Crippen molar-refractivity contribution in [3.63, 3.8) is 0 Å². The summed E-state index contributed by atoms with van der Waals surface area (Å²) in [7, 11) is 3.14. The van der Waals surface area contributed by atoms with E-state index in [2.05, 4.69) is 33.1 Å². The highest BCUT2D eigenvalue weighted by Gasteiger charge is 2.40. The van der Waals surface area contributed by atoms with Crippen LogP contribution in [0.4, 0.5) is 4.79 Å². The number of nitrogens with zero attached hydrogens (tertiary/aromatic N) is 1. The minimum atomic E-state index is -0.581. The van der Waals surface area contributed by atoms with Crippen molar-refractivity contribution in [1.29, 1.82) is 0 Å². The molecule has 1 saturated heterocycles. The molecule has 35 heavy (non-hydrogen) atoms. The smallest absolute Gasteiger partial charge is 0.414 e. The van der Waals surface area contributed by atoms with E-state index in [1.807, 2.05) is 30.3 Å². The van der Waals surface area contributed by atoms with Crippen LogP contribution >= 0.6 is 12.2 Å². The number of benzene rings is 2. The summed E-state index contributed by atoms with van der Waals surface area (Å²) in [6.45, 7) is 2.44. The van der Waals surface area contributed by atoms with Crippen molar-refractivity contribution in [3.8, 4) is 11.5 Å². The van der Waals surface area contributed by atoms with E-state index < -0.39 is 11.7 Å². The van der Waals surface area contributed by atoms with Gasteiger partial charge in [0.2, 0.25) is 5.88 Å². The Morgan fingerprint density at radius 1 is 1.03 bits per heavy atom. The van der Waals surface area contributed by atoms with Gasteiger partial charge in [0.05, 0.1) is 14.2 Å². The van der Waals surface area contributed by atoms with Crippen molar-refractivity contribution < 1.29 is 23.8 Å². The van der Waals surface area contributed by atoms with Crippen molar-refractivity contribution in [2.24, 2.45) is 0 Å². The van der Waals surface area contributed by atoms with Crippen LogP contribution in [-0.2, 0) is 22.7 Å². The lowest BCUT2D eigenvalue weighted by Gasteiger charge is -2.37. The maximum atomic E-state index is 12.3. The monoisotopic (exact) mass is 498 g/mol. The molecule has 0 unspecified atom stereocenters. The predicted octanol–water partition coefficient (Wildman–Crippen LogP) is 3.22. The third-order valence-electron chi connectivity index (χ3n) is 6.02. The zero-order valence-electron chi connectivity index (χ0n) is 19.8. The second-order valence-corrected chi connectivity index (χ2v) is 8.73. The second-order valence-electron chi connectivity index (χ2n) is 8.34. The lowest BCUT2D eigenvalue weighted by Crippen LogP contribution is -2.49. The molecule has 2 aromatic rings. The molecular formula is C25H30N4O5S. The molecule has 1 fully saturated rings. The predicted molar refractivity (Wildman–Crippen MR) is 135 cm³/mol. The molecular weight excluding hydrogens is 468 g/mol. The Morgan fingerprint density at radius 3 is 2.46 bits per heavy atom. The van der Waals surface area contributed by atoms with Crippen LogP contribution in [-0.4, -0.2) is 49.0 Å². The molecule has 2 aliphatic rings. The molecule has 2 heterocycles. The van der Waals surface area contributed by atoms with Gasteiger partial charge in [-0.2, -0.15) is 0 Å². The Kier molecular flexibility index (Phi) is 7.94. The molecule has 4 rings (SSSR count). The summed E-state index contributed by atoms with van der Waals surface area (Å²) < 4.78 is 15.9. The third kappa shape index (κ3) is 6.34. The van der Waals surface area contributed by atoms with Gasteiger partial charge in [0.1, 0.15) is 5.60 Å². The Hall–Kier alpha value is -3.50. The van der Waals surface area contributed by atoms with Gasteiger partial charge >= 0.3 is 6.09 Å². The topological polar surface area (TPSA) is 93.3 Å². The van der Waals surface area contributed by atoms with Crippen LogP contribution in [0.3, 0.4) is 0 Å². The molecule has 0 radical (unpaired) electrons. The highest BCUT2D eigenvalue weighted by atomic mass is 32.1. The average molecular weight is 499 g/mol. The van der Waals surface area contributed by atoms with Crippen LogP contribution in [0.25, 0.3) is 0 Å². The van der Waals surface area contributed by atoms with Crippen molar-refractivity contribution >= 4 is 23.4 Å². The quantitative estimate of drug-likeness (QED) is 0.498. The number of methoxy groups -OCH3 is 2. The molecule has 3 N–H and O–H groups in total. The highest BCUT2D eigenvalue weighted by molar-refractivity contribution is 7.80. The molecule has 0 atom stereocenters. The first-order chi connectivity index (χ1) is 17.0. The van der Waals surface area contributed by atoms with Crippen LogP contribution in [0.15, 0.2) is 60.5 Å². The summed E-state index contributed by atoms with van der Waals surface area (Å²) >= 11 is 5.57. The van der Waals surface area contributed by atoms with Crippen molar-refractivity contribution in [2.45, 2.75) is 31.5 Å². The number of ether oxygens (including phenoxy) is 3. The van der Waals surface area contributed by atoms with Gasteiger partial charge in [-0.25, -0.2) is 10.3 Å². The summed E-state index contributed by atoms with van der Waals surface area (Å²) in [6, 6.07) is 15.6. The number of hydroxylamine groups is 1. The molecule has 2 aliphatic heterocycles. The van der Waals surface area contributed by atoms with Crippen molar-refractivity contribution in [1.82, 2.24) is 21.0 Å². The van der Waals surface area contributed by atoms with E-state index in [0.29, 0.717) is 30.9 Å². The average Bonchev–Trinajstić information content (AvgIpc) is 3.28. The number of rotatable bonds is 7. The number of thiocarbonyl (C=S) groups is 1. The van der Waals surface area contributed by atoms with Gasteiger partial charge in [-0.3, -0.25) is 4.84 Å². The zero-order valence-corrected chi connectivity index (χ0v) is 20.7. The molecule has 2 aromatic carbocycles. The van der Waals surface area contributed by atoms with E-state index in [0.717, 1.165) is 23.8 Å². The molecule has 9 nitrogen and oxygen atoms in total. The van der Waals surface area contributed by atoms with E-state index in [9.17, 15) is 4.79 Å². The third-order valence-corrected chi connectivity index (χ3v) is 6.42. The number of likely N-dealkylation sites (tertiary alicyclic amines) is 1. The first kappa shape index (κ1) is 24.6. The van der Waals surface area contributed by atoms with Gasteiger partial charge in [0.15, 0.2) is 16.6 Å². The van der Waals surface area contributed by atoms with Crippen LogP contribution in [0.2, 0.25) is 0 Å². The Balaban J connectivity index is 1.22. The Bertz CT molecular complexity index is 1070. The fourth-order valence-electron chi connectivity index (χ4n) is 4.02. The summed E-state index contributed by atoms with van der Waals surface area (Å²) in [5.41, 5.74) is 4.25. The SMILES string of the molecule is COc1ccc(CNC(=O)OC2=CC3(CCN(C(=S)NCc4ccccc4)CC3)ON2)cc1OC. The number of nitrogens with one attached hydrogen (secondary N) is 3. The fourth-order valence-corrected chi connectivity index (χ4v) is 4.28. The maximum Gasteiger partial charge on any atom is 0.414 e. The first-order valence-electron chi connectivity index (χ1n) is 11.4. The number of alkyl carbamates (subject to hydrolysis) is 1. The summed E-state index contributed by atoms with van der Waals surface area (Å²) in [5.74, 6) is 1.50. The Morgan fingerprint density at radius 2 is 1.74 bits per heavy atom. The lowest BCUT2D eigenvalue weighted by molar-refractivity contribution is -0.0742. The molecule has 1 amide bonds. The Labute approximate surface area is 210 Å². The number of amides is 1. The molecule has 0 aromatic heterocycles. The normalized spacial score (nSPS) is 16.2. The van der Waals surface area contributed by atoms with Gasteiger partial charge in [-0.15, -0.1) is 0 Å². The van der Waals surface area contributed by atoms with Crippen LogP contribution < -0.4 is 25.6 Å². The van der Waals surface area contributed by atoms with E-state index in [-0.39, 0.29) is 12.4 Å². The lowest BCUT2D eigenvalue weighted by atomic mass is 9.92. The fraction of sp³-hybridized carbons (Fsp3) is 0.360. The van der Waals surface area contributed by atoms with Crippen molar-refractivity contribution in [2.75, 3.05) is 27.3 Å².